The second-order valence-electron chi connectivity index (χ2n) is 5.50. The van der Waals surface area contributed by atoms with Crippen molar-refractivity contribution in [2.24, 2.45) is 0 Å². The Morgan fingerprint density at radius 1 is 1.22 bits per heavy atom. The van der Waals surface area contributed by atoms with E-state index in [0.717, 1.165) is 0 Å². The summed E-state index contributed by atoms with van der Waals surface area (Å²) in [5.41, 5.74) is 0.539. The van der Waals surface area contributed by atoms with Gasteiger partial charge in [-0.25, -0.2) is 0 Å². The zero-order valence-electron chi connectivity index (χ0n) is 13.2. The maximum atomic E-state index is 11.8. The molecular weight excluding hydrogens is 296 g/mol. The molecule has 0 spiro atoms. The number of fused-ring (bicyclic) bond motifs is 1. The third-order valence-corrected chi connectivity index (χ3v) is 3.21. The summed E-state index contributed by atoms with van der Waals surface area (Å²) in [5.74, 6) is -0.464. The maximum Gasteiger partial charge on any atom is 0.239 e. The number of benzene rings is 1. The molecule has 0 saturated heterocycles. The van der Waals surface area contributed by atoms with Crippen LogP contribution in [0.25, 0.3) is 10.9 Å². The normalized spacial score (nSPS) is 10.7. The van der Waals surface area contributed by atoms with Gasteiger partial charge in [-0.2, -0.15) is 5.10 Å². The molecule has 0 atom stereocenters. The number of nitrogens with zero attached hydrogens (tertiary/aromatic N) is 2. The summed E-state index contributed by atoms with van der Waals surface area (Å²) in [6.07, 6.45) is 1.42. The smallest absolute Gasteiger partial charge is 0.239 e. The van der Waals surface area contributed by atoms with Crippen LogP contribution < -0.4 is 16.1 Å². The third kappa shape index (κ3) is 4.64. The summed E-state index contributed by atoms with van der Waals surface area (Å²) in [4.78, 5) is 35.0. The molecule has 122 valence electrons. The first kappa shape index (κ1) is 16.7. The fraction of sp³-hybridized carbons (Fsp3) is 0.375. The molecule has 23 heavy (non-hydrogen) atoms. The second-order valence-corrected chi connectivity index (χ2v) is 5.50. The van der Waals surface area contributed by atoms with E-state index in [1.165, 1.54) is 6.20 Å². The number of carbonyl (C=O) groups is 2. The Labute approximate surface area is 133 Å². The van der Waals surface area contributed by atoms with Crippen LogP contribution in [0.1, 0.15) is 20.3 Å². The standard InChI is InChI=1S/C16H20N4O3/c1-11(2)19-16(23)10-17-15(22)7-8-20-13-6-4-3-5-12(13)14(21)9-18-20/h3-6,9,11H,7-8,10H2,1-2H3,(H,17,22)(H,19,23). The van der Waals surface area contributed by atoms with E-state index in [2.05, 4.69) is 15.7 Å². The number of hydrogen-bond donors (Lipinski definition) is 2. The lowest BCUT2D eigenvalue weighted by Gasteiger charge is -2.10. The Balaban J connectivity index is 1.94. The van der Waals surface area contributed by atoms with Crippen molar-refractivity contribution in [1.82, 2.24) is 20.4 Å². The topological polar surface area (TPSA) is 93.1 Å². The number of nitrogens with one attached hydrogen (secondary N) is 2. The highest BCUT2D eigenvalue weighted by Crippen LogP contribution is 2.08. The summed E-state index contributed by atoms with van der Waals surface area (Å²) >= 11 is 0. The minimum atomic E-state index is -0.242. The van der Waals surface area contributed by atoms with Gasteiger partial charge >= 0.3 is 0 Å². The van der Waals surface area contributed by atoms with Crippen LogP contribution in [0.5, 0.6) is 0 Å². The van der Waals surface area contributed by atoms with Crippen molar-refractivity contribution in [3.63, 3.8) is 0 Å². The maximum absolute atomic E-state index is 11.8. The van der Waals surface area contributed by atoms with Gasteiger partial charge in [-0.1, -0.05) is 12.1 Å². The molecule has 7 heteroatoms. The van der Waals surface area contributed by atoms with Gasteiger partial charge in [-0.3, -0.25) is 19.1 Å². The van der Waals surface area contributed by atoms with E-state index >= 15 is 0 Å². The molecule has 2 N–H and O–H groups in total. The fourth-order valence-electron chi connectivity index (χ4n) is 2.19. The molecule has 1 aromatic heterocycles. The van der Waals surface area contributed by atoms with Crippen LogP contribution in [-0.4, -0.2) is 34.2 Å². The second kappa shape index (κ2) is 7.53. The lowest BCUT2D eigenvalue weighted by molar-refractivity contribution is -0.126. The van der Waals surface area contributed by atoms with Crippen LogP contribution in [0.15, 0.2) is 35.3 Å². The summed E-state index contributed by atoms with van der Waals surface area (Å²) in [5, 5.41) is 9.89. The molecule has 2 rings (SSSR count). The predicted octanol–water partition coefficient (Wildman–Crippen LogP) is 0.427. The van der Waals surface area contributed by atoms with Crippen LogP contribution in [0, 0.1) is 0 Å². The molecule has 0 saturated carbocycles. The zero-order chi connectivity index (χ0) is 16.8. The van der Waals surface area contributed by atoms with Gasteiger partial charge in [0.05, 0.1) is 24.8 Å². The van der Waals surface area contributed by atoms with E-state index < -0.39 is 0 Å². The van der Waals surface area contributed by atoms with Crippen molar-refractivity contribution in [2.45, 2.75) is 32.9 Å². The van der Waals surface area contributed by atoms with Gasteiger partial charge < -0.3 is 10.6 Å². The van der Waals surface area contributed by atoms with E-state index in [9.17, 15) is 14.4 Å². The van der Waals surface area contributed by atoms with E-state index in [-0.39, 0.29) is 36.3 Å². The number of rotatable bonds is 6. The quantitative estimate of drug-likeness (QED) is 0.808. The minimum absolute atomic E-state index is 0.0381. The van der Waals surface area contributed by atoms with E-state index in [0.29, 0.717) is 17.4 Å². The monoisotopic (exact) mass is 316 g/mol. The van der Waals surface area contributed by atoms with Crippen molar-refractivity contribution >= 4 is 22.7 Å². The van der Waals surface area contributed by atoms with Crippen LogP contribution in [0.2, 0.25) is 0 Å². The highest BCUT2D eigenvalue weighted by Gasteiger charge is 2.08. The first-order valence-corrected chi connectivity index (χ1v) is 7.48. The third-order valence-electron chi connectivity index (χ3n) is 3.21. The molecule has 2 amide bonds. The predicted molar refractivity (Wildman–Crippen MR) is 86.9 cm³/mol. The van der Waals surface area contributed by atoms with Gasteiger partial charge in [-0.15, -0.1) is 0 Å². The Bertz CT molecular complexity index is 767. The number of para-hydroxylation sites is 1. The van der Waals surface area contributed by atoms with Gasteiger partial charge in [0.1, 0.15) is 0 Å². The molecule has 0 aliphatic carbocycles. The highest BCUT2D eigenvalue weighted by molar-refractivity contribution is 5.84. The summed E-state index contributed by atoms with van der Waals surface area (Å²) < 4.78 is 1.62. The van der Waals surface area contributed by atoms with Crippen molar-refractivity contribution in [1.29, 1.82) is 0 Å². The van der Waals surface area contributed by atoms with Crippen LogP contribution in [0.4, 0.5) is 0 Å². The molecule has 0 aliphatic rings. The Kier molecular flexibility index (Phi) is 5.46. The van der Waals surface area contributed by atoms with Gasteiger partial charge in [0.25, 0.3) is 0 Å². The van der Waals surface area contributed by atoms with Crippen molar-refractivity contribution in [2.75, 3.05) is 6.54 Å². The highest BCUT2D eigenvalue weighted by atomic mass is 16.2. The lowest BCUT2D eigenvalue weighted by atomic mass is 10.2. The molecule has 0 aliphatic heterocycles. The van der Waals surface area contributed by atoms with Gasteiger partial charge in [0.15, 0.2) is 0 Å². The molecule has 7 nitrogen and oxygen atoms in total. The largest absolute Gasteiger partial charge is 0.352 e. The average Bonchev–Trinajstić information content (AvgIpc) is 2.52. The summed E-state index contributed by atoms with van der Waals surface area (Å²) in [6, 6.07) is 7.16. The number of carbonyl (C=O) groups excluding carboxylic acids is 2. The van der Waals surface area contributed by atoms with Crippen molar-refractivity contribution in [3.8, 4) is 0 Å². The molecule has 1 heterocycles. The average molecular weight is 316 g/mol. The lowest BCUT2D eigenvalue weighted by Crippen LogP contribution is -2.40. The zero-order valence-corrected chi connectivity index (χ0v) is 13.2. The molecular formula is C16H20N4O3. The number of aryl methyl sites for hydroxylation is 1. The summed E-state index contributed by atoms with van der Waals surface area (Å²) in [7, 11) is 0. The molecule has 2 aromatic rings. The number of aromatic nitrogens is 2. The van der Waals surface area contributed by atoms with Gasteiger partial charge in [0, 0.05) is 17.8 Å². The van der Waals surface area contributed by atoms with Crippen molar-refractivity contribution in [3.05, 3.63) is 40.7 Å². The SMILES string of the molecule is CC(C)NC(=O)CNC(=O)CCn1ncc(=O)c2ccccc21. The fourth-order valence-corrected chi connectivity index (χ4v) is 2.19. The number of amides is 2. The Morgan fingerprint density at radius 2 is 1.96 bits per heavy atom. The summed E-state index contributed by atoms with van der Waals surface area (Å²) in [6.45, 7) is 3.99. The molecule has 0 unspecified atom stereocenters. The Hall–Kier alpha value is -2.70. The molecule has 1 aromatic carbocycles. The van der Waals surface area contributed by atoms with Gasteiger partial charge in [0.2, 0.25) is 17.2 Å². The van der Waals surface area contributed by atoms with Crippen LogP contribution in [0.3, 0.4) is 0 Å². The number of hydrogen-bond acceptors (Lipinski definition) is 4. The van der Waals surface area contributed by atoms with E-state index in [4.69, 9.17) is 0 Å². The van der Waals surface area contributed by atoms with Gasteiger partial charge in [-0.05, 0) is 26.0 Å². The van der Waals surface area contributed by atoms with E-state index in [1.807, 2.05) is 19.9 Å². The van der Waals surface area contributed by atoms with Crippen LogP contribution in [-0.2, 0) is 16.1 Å². The first-order valence-electron chi connectivity index (χ1n) is 7.48. The molecule has 0 fully saturated rings. The minimum Gasteiger partial charge on any atom is -0.352 e. The molecule has 0 bridgehead atoms. The first-order chi connectivity index (χ1) is 11.0. The van der Waals surface area contributed by atoms with Crippen LogP contribution >= 0.6 is 0 Å². The van der Waals surface area contributed by atoms with Crippen molar-refractivity contribution < 1.29 is 9.59 Å². The molecule has 0 radical (unpaired) electrons. The van der Waals surface area contributed by atoms with E-state index in [1.54, 1.807) is 22.9 Å². The Morgan fingerprint density at radius 3 is 2.70 bits per heavy atom.